The van der Waals surface area contributed by atoms with Gasteiger partial charge < -0.3 is 0 Å². The Balaban J connectivity index is 2.24. The van der Waals surface area contributed by atoms with Crippen molar-refractivity contribution < 1.29 is 9.72 Å². The number of urea groups is 1. The van der Waals surface area contributed by atoms with E-state index in [1.807, 2.05) is 0 Å². The third kappa shape index (κ3) is 3.31. The first-order valence-electron chi connectivity index (χ1n) is 5.56. The SMILES string of the molecule is Cc1nnsc1NC(=O)Nc1ncc(Br)c(C)c1[N+](=O)[O-]. The van der Waals surface area contributed by atoms with Crippen molar-refractivity contribution in [2.24, 2.45) is 0 Å². The highest BCUT2D eigenvalue weighted by atomic mass is 79.9. The summed E-state index contributed by atoms with van der Waals surface area (Å²) in [6.45, 7) is 3.24. The van der Waals surface area contributed by atoms with Gasteiger partial charge in [0.25, 0.3) is 0 Å². The Bertz CT molecular complexity index is 719. The lowest BCUT2D eigenvalue weighted by Gasteiger charge is -2.08. The quantitative estimate of drug-likeness (QED) is 0.630. The monoisotopic (exact) mass is 372 g/mol. The molecule has 0 atom stereocenters. The van der Waals surface area contributed by atoms with Crippen LogP contribution in [0.3, 0.4) is 0 Å². The number of anilines is 2. The number of carbonyl (C=O) groups excluding carboxylic acids is 1. The summed E-state index contributed by atoms with van der Waals surface area (Å²) in [7, 11) is 0. The van der Waals surface area contributed by atoms with Crippen LogP contribution < -0.4 is 10.6 Å². The molecule has 2 heterocycles. The normalized spacial score (nSPS) is 10.2. The number of nitrogens with zero attached hydrogens (tertiary/aromatic N) is 4. The number of aromatic nitrogens is 3. The van der Waals surface area contributed by atoms with Crippen LogP contribution in [0.2, 0.25) is 0 Å². The highest BCUT2D eigenvalue weighted by Crippen LogP contribution is 2.31. The lowest BCUT2D eigenvalue weighted by Crippen LogP contribution is -2.21. The zero-order chi connectivity index (χ0) is 15.6. The van der Waals surface area contributed by atoms with E-state index < -0.39 is 11.0 Å². The van der Waals surface area contributed by atoms with Crippen LogP contribution in [0.25, 0.3) is 0 Å². The van der Waals surface area contributed by atoms with E-state index >= 15 is 0 Å². The molecule has 0 bridgehead atoms. The van der Waals surface area contributed by atoms with Crippen molar-refractivity contribution in [2.75, 3.05) is 10.6 Å². The largest absolute Gasteiger partial charge is 0.325 e. The maximum atomic E-state index is 11.9. The van der Waals surface area contributed by atoms with Crippen molar-refractivity contribution in [3.63, 3.8) is 0 Å². The highest BCUT2D eigenvalue weighted by molar-refractivity contribution is 9.10. The van der Waals surface area contributed by atoms with Gasteiger partial charge in [0.1, 0.15) is 5.00 Å². The average Bonchev–Trinajstić information content (AvgIpc) is 2.79. The van der Waals surface area contributed by atoms with Crippen LogP contribution in [0, 0.1) is 24.0 Å². The maximum Gasteiger partial charge on any atom is 0.325 e. The van der Waals surface area contributed by atoms with E-state index in [1.54, 1.807) is 13.8 Å². The molecule has 0 aliphatic rings. The van der Waals surface area contributed by atoms with Crippen LogP contribution in [0.1, 0.15) is 11.3 Å². The molecule has 2 aromatic heterocycles. The topological polar surface area (TPSA) is 123 Å². The zero-order valence-corrected chi connectivity index (χ0v) is 13.3. The van der Waals surface area contributed by atoms with E-state index in [0.29, 0.717) is 20.7 Å². The third-order valence-electron chi connectivity index (χ3n) is 2.54. The van der Waals surface area contributed by atoms with Gasteiger partial charge in [0.2, 0.25) is 5.82 Å². The van der Waals surface area contributed by atoms with E-state index in [0.717, 1.165) is 11.5 Å². The van der Waals surface area contributed by atoms with Crippen molar-refractivity contribution in [3.8, 4) is 0 Å². The molecule has 2 aromatic rings. The number of carbonyl (C=O) groups is 1. The first-order valence-corrected chi connectivity index (χ1v) is 7.13. The van der Waals surface area contributed by atoms with Gasteiger partial charge in [-0.25, -0.2) is 9.78 Å². The lowest BCUT2D eigenvalue weighted by atomic mass is 10.2. The van der Waals surface area contributed by atoms with Crippen LogP contribution in [-0.4, -0.2) is 25.5 Å². The summed E-state index contributed by atoms with van der Waals surface area (Å²) < 4.78 is 4.16. The van der Waals surface area contributed by atoms with Gasteiger partial charge in [-0.3, -0.25) is 20.7 Å². The molecule has 2 rings (SSSR count). The Morgan fingerprint density at radius 3 is 2.71 bits per heavy atom. The molecule has 0 aliphatic carbocycles. The summed E-state index contributed by atoms with van der Waals surface area (Å²) in [6.07, 6.45) is 1.39. The van der Waals surface area contributed by atoms with E-state index in [4.69, 9.17) is 0 Å². The van der Waals surface area contributed by atoms with Gasteiger partial charge in [-0.05, 0) is 29.8 Å². The van der Waals surface area contributed by atoms with Gasteiger partial charge >= 0.3 is 11.7 Å². The molecule has 0 saturated carbocycles. The molecular formula is C10H9BrN6O3S. The first kappa shape index (κ1) is 15.3. The van der Waals surface area contributed by atoms with Crippen LogP contribution in [-0.2, 0) is 0 Å². The minimum atomic E-state index is -0.651. The molecular weight excluding hydrogens is 364 g/mol. The fourth-order valence-corrected chi connectivity index (χ4v) is 2.32. The summed E-state index contributed by atoms with van der Waals surface area (Å²) in [6, 6.07) is -0.651. The molecule has 110 valence electrons. The zero-order valence-electron chi connectivity index (χ0n) is 10.9. The molecule has 0 fully saturated rings. The van der Waals surface area contributed by atoms with E-state index in [9.17, 15) is 14.9 Å². The Morgan fingerprint density at radius 1 is 1.43 bits per heavy atom. The molecule has 0 aliphatic heterocycles. The van der Waals surface area contributed by atoms with Crippen LogP contribution >= 0.6 is 27.5 Å². The molecule has 21 heavy (non-hydrogen) atoms. The smallest absolute Gasteiger partial charge is 0.296 e. The van der Waals surface area contributed by atoms with Crippen molar-refractivity contribution in [3.05, 3.63) is 32.0 Å². The predicted octanol–water partition coefficient (Wildman–Crippen LogP) is 2.86. The minimum absolute atomic E-state index is 0.131. The van der Waals surface area contributed by atoms with Gasteiger partial charge in [-0.2, -0.15) is 0 Å². The lowest BCUT2D eigenvalue weighted by molar-refractivity contribution is -0.384. The van der Waals surface area contributed by atoms with Crippen molar-refractivity contribution in [2.45, 2.75) is 13.8 Å². The maximum absolute atomic E-state index is 11.9. The second-order valence-electron chi connectivity index (χ2n) is 3.95. The highest BCUT2D eigenvalue weighted by Gasteiger charge is 2.23. The average molecular weight is 373 g/mol. The number of pyridine rings is 1. The second-order valence-corrected chi connectivity index (χ2v) is 5.56. The van der Waals surface area contributed by atoms with E-state index in [1.165, 1.54) is 6.20 Å². The molecule has 0 spiro atoms. The van der Waals surface area contributed by atoms with Crippen molar-refractivity contribution in [1.82, 2.24) is 14.6 Å². The molecule has 0 saturated heterocycles. The number of hydrogen-bond acceptors (Lipinski definition) is 7. The molecule has 2 amide bonds. The summed E-state index contributed by atoms with van der Waals surface area (Å²) in [5, 5.41) is 20.2. The second kappa shape index (κ2) is 6.10. The first-order chi connectivity index (χ1) is 9.90. The number of aryl methyl sites for hydroxylation is 1. The van der Waals surface area contributed by atoms with Gasteiger partial charge in [-0.1, -0.05) is 4.49 Å². The van der Waals surface area contributed by atoms with Crippen molar-refractivity contribution >= 4 is 50.0 Å². The fraction of sp³-hybridized carbons (Fsp3) is 0.200. The predicted molar refractivity (Wildman–Crippen MR) is 80.6 cm³/mol. The van der Waals surface area contributed by atoms with Crippen LogP contribution in [0.5, 0.6) is 0 Å². The van der Waals surface area contributed by atoms with Crippen molar-refractivity contribution in [1.29, 1.82) is 0 Å². The standard InChI is InChI=1S/C10H9BrN6O3S/c1-4-6(11)3-12-8(7(4)17(19)20)13-10(18)14-9-5(2)15-16-21-9/h3H,1-2H3,(H2,12,13,14,18). The molecule has 0 radical (unpaired) electrons. The van der Waals surface area contributed by atoms with Gasteiger partial charge in [0.15, 0.2) is 0 Å². The van der Waals surface area contributed by atoms with Gasteiger partial charge in [-0.15, -0.1) is 5.10 Å². The number of hydrogen-bond donors (Lipinski definition) is 2. The Hall–Kier alpha value is -2.14. The van der Waals surface area contributed by atoms with E-state index in [2.05, 4.69) is 41.1 Å². The molecule has 2 N–H and O–H groups in total. The van der Waals surface area contributed by atoms with Gasteiger partial charge in [0.05, 0.1) is 10.6 Å². The molecule has 9 nitrogen and oxygen atoms in total. The number of halogens is 1. The molecule has 11 heteroatoms. The Labute approximate surface area is 131 Å². The van der Waals surface area contributed by atoms with E-state index in [-0.39, 0.29) is 11.5 Å². The Kier molecular flexibility index (Phi) is 4.43. The van der Waals surface area contributed by atoms with Crippen LogP contribution in [0.4, 0.5) is 21.3 Å². The molecule has 0 aromatic carbocycles. The third-order valence-corrected chi connectivity index (χ3v) is 4.08. The number of rotatable bonds is 3. The molecule has 0 unspecified atom stereocenters. The number of nitro groups is 1. The summed E-state index contributed by atoms with van der Waals surface area (Å²) in [4.78, 5) is 26.2. The number of amides is 2. The Morgan fingerprint density at radius 2 is 2.14 bits per heavy atom. The van der Waals surface area contributed by atoms with Gasteiger partial charge in [0, 0.05) is 27.8 Å². The summed E-state index contributed by atoms with van der Waals surface area (Å²) in [5.74, 6) is -0.131. The fourth-order valence-electron chi connectivity index (χ4n) is 1.47. The summed E-state index contributed by atoms with van der Waals surface area (Å²) in [5.41, 5.74) is 0.671. The number of nitrogens with one attached hydrogen (secondary N) is 2. The summed E-state index contributed by atoms with van der Waals surface area (Å²) >= 11 is 4.17. The van der Waals surface area contributed by atoms with Crippen LogP contribution in [0.15, 0.2) is 10.7 Å². The minimum Gasteiger partial charge on any atom is -0.296 e.